The third kappa shape index (κ3) is 8.78. The molecule has 0 saturated heterocycles. The zero-order chi connectivity index (χ0) is 26.0. The molecule has 0 fully saturated rings. The number of hydrogen-bond acceptors (Lipinski definition) is 6. The summed E-state index contributed by atoms with van der Waals surface area (Å²) in [6, 6.07) is 17.5. The maximum absolute atomic E-state index is 10.4. The predicted molar refractivity (Wildman–Crippen MR) is 130 cm³/mol. The molecule has 0 radical (unpaired) electrons. The number of carboxylic acid groups (broad SMARTS) is 2. The Balaban J connectivity index is 0.000000489. The molecule has 2 aromatic rings. The van der Waals surface area contributed by atoms with Crippen LogP contribution in [0.1, 0.15) is 56.7 Å². The minimum absolute atomic E-state index is 0.214. The number of benzene rings is 2. The van der Waals surface area contributed by atoms with E-state index in [0.717, 1.165) is 18.5 Å². The van der Waals surface area contributed by atoms with E-state index in [0.29, 0.717) is 17.8 Å². The van der Waals surface area contributed by atoms with Crippen LogP contribution in [-0.4, -0.2) is 73.2 Å². The van der Waals surface area contributed by atoms with Crippen molar-refractivity contribution in [1.82, 2.24) is 4.90 Å². The van der Waals surface area contributed by atoms with Crippen molar-refractivity contribution in [3.63, 3.8) is 0 Å². The lowest BCUT2D eigenvalue weighted by Crippen LogP contribution is -2.39. The smallest absolute Gasteiger partial charge is 0.335 e. The second-order valence-electron chi connectivity index (χ2n) is 8.81. The molecule has 2 rings (SSSR count). The molecule has 1 unspecified atom stereocenters. The van der Waals surface area contributed by atoms with Crippen molar-refractivity contribution in [2.75, 3.05) is 6.54 Å². The SMILES string of the molecule is Cc1ccc(O)c([C@@H](CCN(C(C)C)C(C)C)c2ccccc2)c1.O=C(O)C(O)[C@H](O)C(=O)O. The number of aryl methyl sites for hydroxylation is 1. The molecule has 5 N–H and O–H groups in total. The van der Waals surface area contributed by atoms with Crippen LogP contribution in [0.15, 0.2) is 48.5 Å². The van der Waals surface area contributed by atoms with Gasteiger partial charge in [0.25, 0.3) is 0 Å². The molecule has 188 valence electrons. The highest BCUT2D eigenvalue weighted by atomic mass is 16.4. The minimum atomic E-state index is -2.27. The number of nitrogens with zero attached hydrogens (tertiary/aromatic N) is 1. The van der Waals surface area contributed by atoms with E-state index in [-0.39, 0.29) is 5.92 Å². The lowest BCUT2D eigenvalue weighted by atomic mass is 9.87. The van der Waals surface area contributed by atoms with Crippen LogP contribution in [0.25, 0.3) is 0 Å². The molecule has 8 heteroatoms. The van der Waals surface area contributed by atoms with Crippen molar-refractivity contribution in [3.8, 4) is 5.75 Å². The number of phenolic OH excluding ortho intramolecular Hbond substituents is 1. The quantitative estimate of drug-likeness (QED) is 0.353. The predicted octanol–water partition coefficient (Wildman–Crippen LogP) is 3.22. The average molecular weight is 476 g/mol. The number of hydrogen-bond donors (Lipinski definition) is 5. The molecule has 2 aromatic carbocycles. The summed E-state index contributed by atoms with van der Waals surface area (Å²) in [6.07, 6.45) is -3.54. The zero-order valence-electron chi connectivity index (χ0n) is 20.4. The number of carboxylic acids is 2. The van der Waals surface area contributed by atoms with Gasteiger partial charge in [-0.3, -0.25) is 4.90 Å². The van der Waals surface area contributed by atoms with Crippen molar-refractivity contribution in [2.45, 2.75) is 71.2 Å². The van der Waals surface area contributed by atoms with E-state index < -0.39 is 24.1 Å². The molecule has 0 amide bonds. The lowest BCUT2D eigenvalue weighted by molar-refractivity contribution is -0.165. The van der Waals surface area contributed by atoms with Gasteiger partial charge in [0.05, 0.1) is 0 Å². The Kier molecular flexibility index (Phi) is 11.7. The van der Waals surface area contributed by atoms with Gasteiger partial charge in [0.15, 0.2) is 12.2 Å². The monoisotopic (exact) mass is 475 g/mol. The standard InChI is InChI=1S/C22H31NO.C4H6O6/c1-16(2)23(17(3)4)14-13-20(19-9-7-6-8-10-19)21-15-18(5)11-12-22(21)24;5-1(3(7)8)2(6)4(9)10/h6-12,15-17,20,24H,13-14H2,1-5H3;1-2,5-6H,(H,7,8)(H,9,10)/t20-;1-,2?/m00/s1. The van der Waals surface area contributed by atoms with Gasteiger partial charge in [-0.05, 0) is 59.2 Å². The molecule has 0 bridgehead atoms. The molecule has 0 aliphatic carbocycles. The van der Waals surface area contributed by atoms with E-state index in [4.69, 9.17) is 20.4 Å². The Bertz CT molecular complexity index is 889. The van der Waals surface area contributed by atoms with Gasteiger partial charge >= 0.3 is 11.9 Å². The van der Waals surface area contributed by atoms with Gasteiger partial charge in [-0.2, -0.15) is 0 Å². The topological polar surface area (TPSA) is 139 Å². The van der Waals surface area contributed by atoms with Crippen molar-refractivity contribution in [3.05, 3.63) is 65.2 Å². The van der Waals surface area contributed by atoms with Crippen LogP contribution in [0.4, 0.5) is 0 Å². The summed E-state index contributed by atoms with van der Waals surface area (Å²) >= 11 is 0. The first-order valence-corrected chi connectivity index (χ1v) is 11.3. The van der Waals surface area contributed by atoms with E-state index in [2.05, 4.69) is 69.9 Å². The molecule has 34 heavy (non-hydrogen) atoms. The first kappa shape index (κ1) is 29.1. The second kappa shape index (κ2) is 13.7. The van der Waals surface area contributed by atoms with Crippen LogP contribution in [0.3, 0.4) is 0 Å². The molecule has 0 saturated carbocycles. The molecule has 3 atom stereocenters. The van der Waals surface area contributed by atoms with Crippen molar-refractivity contribution in [1.29, 1.82) is 0 Å². The van der Waals surface area contributed by atoms with Crippen molar-refractivity contribution < 1.29 is 35.1 Å². The van der Waals surface area contributed by atoms with Crippen LogP contribution in [-0.2, 0) is 9.59 Å². The number of aliphatic hydroxyl groups is 2. The third-order valence-electron chi connectivity index (χ3n) is 5.57. The highest BCUT2D eigenvalue weighted by Crippen LogP contribution is 2.35. The van der Waals surface area contributed by atoms with E-state index >= 15 is 0 Å². The summed E-state index contributed by atoms with van der Waals surface area (Å²) in [7, 11) is 0. The Morgan fingerprint density at radius 2 is 1.35 bits per heavy atom. The maximum Gasteiger partial charge on any atom is 0.335 e. The van der Waals surface area contributed by atoms with E-state index in [1.165, 1.54) is 11.1 Å². The highest BCUT2D eigenvalue weighted by Gasteiger charge is 2.29. The van der Waals surface area contributed by atoms with E-state index in [9.17, 15) is 14.7 Å². The highest BCUT2D eigenvalue weighted by molar-refractivity contribution is 5.83. The minimum Gasteiger partial charge on any atom is -0.508 e. The summed E-state index contributed by atoms with van der Waals surface area (Å²) in [5.74, 6) is -2.93. The van der Waals surface area contributed by atoms with E-state index in [1.807, 2.05) is 18.2 Å². The largest absolute Gasteiger partial charge is 0.508 e. The first-order valence-electron chi connectivity index (χ1n) is 11.3. The van der Waals surface area contributed by atoms with Crippen LogP contribution in [0.5, 0.6) is 5.75 Å². The fraction of sp³-hybridized carbons (Fsp3) is 0.462. The molecular weight excluding hydrogens is 438 g/mol. The number of aliphatic carboxylic acids is 2. The third-order valence-corrected chi connectivity index (χ3v) is 5.57. The molecular formula is C26H37NO7. The van der Waals surface area contributed by atoms with Crippen LogP contribution >= 0.6 is 0 Å². The number of carbonyl (C=O) groups is 2. The van der Waals surface area contributed by atoms with Crippen LogP contribution < -0.4 is 0 Å². The lowest BCUT2D eigenvalue weighted by Gasteiger charge is -2.32. The van der Waals surface area contributed by atoms with Gasteiger partial charge in [-0.1, -0.05) is 48.0 Å². The molecule has 0 aliphatic heterocycles. The second-order valence-corrected chi connectivity index (χ2v) is 8.81. The fourth-order valence-corrected chi connectivity index (χ4v) is 3.80. The number of aromatic hydroxyl groups is 1. The van der Waals surface area contributed by atoms with Crippen molar-refractivity contribution in [2.24, 2.45) is 0 Å². The molecule has 8 nitrogen and oxygen atoms in total. The summed E-state index contributed by atoms with van der Waals surface area (Å²) < 4.78 is 0. The number of phenols is 1. The van der Waals surface area contributed by atoms with Gasteiger partial charge in [0, 0.05) is 23.6 Å². The first-order chi connectivity index (χ1) is 15.9. The molecule has 0 heterocycles. The van der Waals surface area contributed by atoms with Gasteiger partial charge in [0.2, 0.25) is 0 Å². The molecule has 0 aliphatic rings. The van der Waals surface area contributed by atoms with Gasteiger partial charge in [0.1, 0.15) is 5.75 Å². The van der Waals surface area contributed by atoms with Gasteiger partial charge < -0.3 is 25.5 Å². The molecule has 0 spiro atoms. The van der Waals surface area contributed by atoms with Crippen LogP contribution in [0, 0.1) is 6.92 Å². The number of aliphatic hydroxyl groups excluding tert-OH is 2. The van der Waals surface area contributed by atoms with Gasteiger partial charge in [-0.25, -0.2) is 9.59 Å². The summed E-state index contributed by atoms with van der Waals surface area (Å²) in [4.78, 5) is 22.1. The van der Waals surface area contributed by atoms with E-state index in [1.54, 1.807) is 0 Å². The summed E-state index contributed by atoms with van der Waals surface area (Å²) in [6.45, 7) is 12.1. The van der Waals surface area contributed by atoms with Crippen LogP contribution in [0.2, 0.25) is 0 Å². The Morgan fingerprint density at radius 1 is 0.853 bits per heavy atom. The maximum atomic E-state index is 10.4. The van der Waals surface area contributed by atoms with Gasteiger partial charge in [-0.15, -0.1) is 0 Å². The molecule has 0 aromatic heterocycles. The Morgan fingerprint density at radius 3 is 1.79 bits per heavy atom. The normalized spacial score (nSPS) is 13.8. The summed E-state index contributed by atoms with van der Waals surface area (Å²) in [5.41, 5.74) is 3.49. The zero-order valence-corrected chi connectivity index (χ0v) is 20.4. The average Bonchev–Trinajstić information content (AvgIpc) is 2.78. The summed E-state index contributed by atoms with van der Waals surface area (Å²) in [5, 5.41) is 43.0. The number of rotatable bonds is 10. The fourth-order valence-electron chi connectivity index (χ4n) is 3.80. The van der Waals surface area contributed by atoms with Crippen molar-refractivity contribution >= 4 is 11.9 Å². The Hall–Kier alpha value is -2.94. The Labute approximate surface area is 201 Å².